The molecule has 1 unspecified atom stereocenters. The van der Waals surface area contributed by atoms with Gasteiger partial charge in [-0.2, -0.15) is 26.3 Å². The number of alkyl halides is 6. The molecule has 38 heavy (non-hydrogen) atoms. The number of piperidine rings is 1. The van der Waals surface area contributed by atoms with Crippen LogP contribution in [0.1, 0.15) is 26.2 Å². The van der Waals surface area contributed by atoms with Crippen LogP contribution in [0.2, 0.25) is 0 Å². The summed E-state index contributed by atoms with van der Waals surface area (Å²) in [6, 6.07) is 6.87. The van der Waals surface area contributed by atoms with Gasteiger partial charge in [-0.05, 0) is 37.4 Å². The van der Waals surface area contributed by atoms with Crippen LogP contribution in [0.4, 0.5) is 36.4 Å². The molecule has 0 aromatic heterocycles. The Balaban J connectivity index is 0.000000426. The average molecular weight is 561 g/mol. The highest BCUT2D eigenvalue weighted by molar-refractivity contribution is 5.76. The fourth-order valence-corrected chi connectivity index (χ4v) is 3.81. The first-order chi connectivity index (χ1) is 17.5. The molecule has 216 valence electrons. The maximum Gasteiger partial charge on any atom is 0.490 e. The number of nitrogens with zero attached hydrogens (tertiary/aromatic N) is 3. The van der Waals surface area contributed by atoms with E-state index >= 15 is 0 Å². The summed E-state index contributed by atoms with van der Waals surface area (Å²) in [7, 11) is 0. The van der Waals surface area contributed by atoms with Gasteiger partial charge in [-0.25, -0.2) is 14.0 Å². The van der Waals surface area contributed by atoms with E-state index in [-0.39, 0.29) is 11.7 Å². The summed E-state index contributed by atoms with van der Waals surface area (Å²) in [6.07, 6.45) is -7.01. The zero-order valence-corrected chi connectivity index (χ0v) is 20.6. The van der Waals surface area contributed by atoms with E-state index in [4.69, 9.17) is 19.8 Å². The number of rotatable bonds is 4. The highest BCUT2D eigenvalue weighted by Gasteiger charge is 2.38. The fraction of sp³-hybridized carbons (Fsp3) is 0.609. The number of benzene rings is 1. The first-order valence-corrected chi connectivity index (χ1v) is 11.6. The lowest BCUT2D eigenvalue weighted by molar-refractivity contribution is -0.193. The lowest BCUT2D eigenvalue weighted by Gasteiger charge is -2.37. The molecule has 1 atom stereocenters. The number of amides is 1. The van der Waals surface area contributed by atoms with Crippen LogP contribution in [0, 0.1) is 11.7 Å². The minimum Gasteiger partial charge on any atom is -0.475 e. The summed E-state index contributed by atoms with van der Waals surface area (Å²) < 4.78 is 77.3. The third-order valence-electron chi connectivity index (χ3n) is 5.69. The van der Waals surface area contributed by atoms with Crippen LogP contribution >= 0.6 is 0 Å². The second kappa shape index (κ2) is 14.7. The number of aliphatic carboxylic acids is 2. The van der Waals surface area contributed by atoms with Gasteiger partial charge in [0, 0.05) is 45.7 Å². The van der Waals surface area contributed by atoms with Crippen molar-refractivity contribution in [2.24, 2.45) is 5.92 Å². The Morgan fingerprint density at radius 3 is 1.84 bits per heavy atom. The van der Waals surface area contributed by atoms with Crippen LogP contribution < -0.4 is 4.90 Å². The molecule has 15 heteroatoms. The molecule has 2 N–H and O–H groups in total. The molecule has 0 aliphatic carbocycles. The zero-order chi connectivity index (χ0) is 29.1. The molecule has 1 aromatic rings. The molecule has 3 rings (SSSR count). The van der Waals surface area contributed by atoms with Gasteiger partial charge in [0.2, 0.25) is 5.91 Å². The van der Waals surface area contributed by atoms with Crippen LogP contribution in [0.3, 0.4) is 0 Å². The number of carbonyl (C=O) groups is 3. The number of carboxylic acids is 2. The number of anilines is 1. The van der Waals surface area contributed by atoms with Crippen molar-refractivity contribution in [1.82, 2.24) is 9.80 Å². The number of hydrogen-bond donors (Lipinski definition) is 2. The smallest absolute Gasteiger partial charge is 0.475 e. The van der Waals surface area contributed by atoms with Crippen molar-refractivity contribution in [3.63, 3.8) is 0 Å². The number of carbonyl (C=O) groups excluding carboxylic acids is 1. The van der Waals surface area contributed by atoms with Crippen molar-refractivity contribution in [2.45, 2.75) is 38.5 Å². The van der Waals surface area contributed by atoms with E-state index in [2.05, 4.69) is 11.8 Å². The second-order valence-corrected chi connectivity index (χ2v) is 8.72. The molecule has 2 aliphatic rings. The number of carboxylic acid groups (broad SMARTS) is 2. The van der Waals surface area contributed by atoms with Crippen molar-refractivity contribution in [3.05, 3.63) is 30.1 Å². The van der Waals surface area contributed by atoms with Crippen LogP contribution in [-0.4, -0.2) is 96.0 Å². The van der Waals surface area contributed by atoms with Gasteiger partial charge in [-0.15, -0.1) is 0 Å². The fourth-order valence-electron chi connectivity index (χ4n) is 3.81. The van der Waals surface area contributed by atoms with Gasteiger partial charge in [0.05, 0.1) is 5.69 Å². The first-order valence-electron chi connectivity index (χ1n) is 11.6. The van der Waals surface area contributed by atoms with Crippen molar-refractivity contribution >= 4 is 23.5 Å². The first kappa shape index (κ1) is 32.9. The average Bonchev–Trinajstić information content (AvgIpc) is 2.83. The molecule has 2 saturated heterocycles. The third kappa shape index (κ3) is 12.0. The van der Waals surface area contributed by atoms with E-state index in [1.165, 1.54) is 18.9 Å². The molecule has 2 aliphatic heterocycles. The van der Waals surface area contributed by atoms with Crippen LogP contribution in [0.5, 0.6) is 0 Å². The number of likely N-dealkylation sites (tertiary alicyclic amines) is 1. The van der Waals surface area contributed by atoms with Crippen molar-refractivity contribution < 1.29 is 55.3 Å². The van der Waals surface area contributed by atoms with E-state index in [0.717, 1.165) is 25.6 Å². The lowest BCUT2D eigenvalue weighted by Crippen LogP contribution is -2.49. The summed E-state index contributed by atoms with van der Waals surface area (Å²) in [6.45, 7) is 8.17. The second-order valence-electron chi connectivity index (χ2n) is 8.72. The predicted octanol–water partition coefficient (Wildman–Crippen LogP) is 3.86. The molecule has 2 fully saturated rings. The molecule has 2 heterocycles. The van der Waals surface area contributed by atoms with Gasteiger partial charge >= 0.3 is 24.3 Å². The van der Waals surface area contributed by atoms with Crippen LogP contribution in [0.25, 0.3) is 0 Å². The largest absolute Gasteiger partial charge is 0.490 e. The van der Waals surface area contributed by atoms with Gasteiger partial charge in [0.15, 0.2) is 0 Å². The number of piperazine rings is 1. The Kier molecular flexibility index (Phi) is 12.8. The highest BCUT2D eigenvalue weighted by atomic mass is 19.4. The molecule has 1 amide bonds. The Morgan fingerprint density at radius 2 is 1.39 bits per heavy atom. The van der Waals surface area contributed by atoms with E-state index < -0.39 is 24.3 Å². The normalized spacial score (nSPS) is 18.5. The quantitative estimate of drug-likeness (QED) is 0.539. The summed E-state index contributed by atoms with van der Waals surface area (Å²) in [5.41, 5.74) is 0.645. The summed E-state index contributed by atoms with van der Waals surface area (Å²) in [5.74, 6) is -4.71. The molecular formula is C23H30F7N3O5. The summed E-state index contributed by atoms with van der Waals surface area (Å²) in [4.78, 5) is 36.6. The van der Waals surface area contributed by atoms with Gasteiger partial charge in [-0.1, -0.05) is 19.1 Å². The van der Waals surface area contributed by atoms with Crippen molar-refractivity contribution in [1.29, 1.82) is 0 Å². The molecule has 0 spiro atoms. The van der Waals surface area contributed by atoms with Crippen molar-refractivity contribution in [3.8, 4) is 0 Å². The molecule has 8 nitrogen and oxygen atoms in total. The van der Waals surface area contributed by atoms with Gasteiger partial charge in [-0.3, -0.25) is 4.79 Å². The van der Waals surface area contributed by atoms with E-state index in [0.29, 0.717) is 38.3 Å². The maximum atomic E-state index is 13.9. The standard InChI is InChI=1S/C19H28FN3O.2C2HF3O2/c1-16-5-4-9-21(15-16)10-8-19(24)23-13-11-22(12-14-23)18-7-3-2-6-17(18)20;2*3-2(4,5)1(6)7/h2-3,6-7,16H,4-5,8-15H2,1H3;2*(H,6,7). The summed E-state index contributed by atoms with van der Waals surface area (Å²) >= 11 is 0. The zero-order valence-electron chi connectivity index (χ0n) is 20.6. The SMILES string of the molecule is CC1CCCN(CCC(=O)N2CCN(c3ccccc3F)CC2)C1.O=C(O)C(F)(F)F.O=C(O)C(F)(F)F. The van der Waals surface area contributed by atoms with E-state index in [1.807, 2.05) is 21.9 Å². The third-order valence-corrected chi connectivity index (χ3v) is 5.69. The Hall–Kier alpha value is -3.10. The molecule has 0 radical (unpaired) electrons. The van der Waals surface area contributed by atoms with Gasteiger partial charge < -0.3 is 24.9 Å². The van der Waals surface area contributed by atoms with E-state index in [9.17, 15) is 35.5 Å². The van der Waals surface area contributed by atoms with Gasteiger partial charge in [0.25, 0.3) is 0 Å². The number of hydrogen-bond acceptors (Lipinski definition) is 5. The molecule has 0 saturated carbocycles. The van der Waals surface area contributed by atoms with E-state index in [1.54, 1.807) is 6.07 Å². The monoisotopic (exact) mass is 561 g/mol. The number of para-hydroxylation sites is 1. The van der Waals surface area contributed by atoms with Crippen LogP contribution in [0.15, 0.2) is 24.3 Å². The van der Waals surface area contributed by atoms with Gasteiger partial charge in [0.1, 0.15) is 5.82 Å². The minimum atomic E-state index is -5.08. The summed E-state index contributed by atoms with van der Waals surface area (Å²) in [5, 5.41) is 14.2. The molecular weight excluding hydrogens is 531 g/mol. The molecule has 0 bridgehead atoms. The highest BCUT2D eigenvalue weighted by Crippen LogP contribution is 2.21. The Morgan fingerprint density at radius 1 is 0.895 bits per heavy atom. The van der Waals surface area contributed by atoms with Crippen molar-refractivity contribution in [2.75, 3.05) is 50.7 Å². The minimum absolute atomic E-state index is 0.184. The van der Waals surface area contributed by atoms with Crippen LogP contribution in [-0.2, 0) is 14.4 Å². The Bertz CT molecular complexity index is 895. The lowest BCUT2D eigenvalue weighted by atomic mass is 10.0. The maximum absolute atomic E-state index is 13.9. The Labute approximate surface area is 214 Å². The topological polar surface area (TPSA) is 101 Å². The predicted molar refractivity (Wildman–Crippen MR) is 122 cm³/mol. The number of halogens is 7. The molecule has 1 aromatic carbocycles.